The number of nitrogens with zero attached hydrogens (tertiary/aromatic N) is 2. The second kappa shape index (κ2) is 9.87. The quantitative estimate of drug-likeness (QED) is 0.676. The Morgan fingerprint density at radius 1 is 1.45 bits per heavy atom. The zero-order valence-electron chi connectivity index (χ0n) is 16.0. The van der Waals surface area contributed by atoms with E-state index in [0.717, 1.165) is 19.0 Å². The van der Waals surface area contributed by atoms with Crippen LogP contribution in [0.15, 0.2) is 36.5 Å². The number of benzene rings is 1. The summed E-state index contributed by atoms with van der Waals surface area (Å²) >= 11 is 5.82. The minimum Gasteiger partial charge on any atom is -0.490 e. The highest BCUT2D eigenvalue weighted by atomic mass is 35.5. The lowest BCUT2D eigenvalue weighted by Crippen LogP contribution is -2.35. The molecule has 7 nitrogen and oxygen atoms in total. The normalized spacial score (nSPS) is 17.7. The van der Waals surface area contributed by atoms with Crippen LogP contribution >= 0.6 is 11.6 Å². The van der Waals surface area contributed by atoms with Crippen molar-refractivity contribution in [3.8, 4) is 11.6 Å². The largest absolute Gasteiger partial charge is 0.490 e. The summed E-state index contributed by atoms with van der Waals surface area (Å²) in [7, 11) is 1.48. The molecular formula is C20H23ClFN3O4. The number of halogens is 2. The lowest BCUT2D eigenvalue weighted by Gasteiger charge is -2.21. The zero-order chi connectivity index (χ0) is 20.8. The Hall–Kier alpha value is -2.42. The number of aromatic nitrogens is 1. The van der Waals surface area contributed by atoms with Crippen LogP contribution in [-0.2, 0) is 0 Å². The number of hydrogen-bond acceptors (Lipinski definition) is 6. The first-order chi connectivity index (χ1) is 13.9. The van der Waals surface area contributed by atoms with E-state index in [0.29, 0.717) is 24.0 Å². The minimum absolute atomic E-state index is 0.0279. The van der Waals surface area contributed by atoms with Crippen molar-refractivity contribution in [2.24, 2.45) is 0 Å². The van der Waals surface area contributed by atoms with E-state index < -0.39 is 11.9 Å². The molecular weight excluding hydrogens is 401 g/mol. The van der Waals surface area contributed by atoms with E-state index >= 15 is 0 Å². The predicted molar refractivity (Wildman–Crippen MR) is 106 cm³/mol. The van der Waals surface area contributed by atoms with E-state index in [1.807, 2.05) is 0 Å². The fraction of sp³-hybridized carbons (Fsp3) is 0.400. The highest BCUT2D eigenvalue weighted by molar-refractivity contribution is 6.30. The number of likely N-dealkylation sites (tertiary alicyclic amines) is 1. The van der Waals surface area contributed by atoms with Gasteiger partial charge < -0.3 is 19.9 Å². The molecule has 0 aliphatic carbocycles. The van der Waals surface area contributed by atoms with Gasteiger partial charge in [-0.05, 0) is 24.6 Å². The molecule has 2 atom stereocenters. The molecule has 1 amide bonds. The molecule has 0 spiro atoms. The number of aliphatic hydroxyl groups is 1. The van der Waals surface area contributed by atoms with Crippen molar-refractivity contribution in [1.29, 1.82) is 0 Å². The predicted octanol–water partition coefficient (Wildman–Crippen LogP) is 2.13. The fourth-order valence-electron chi connectivity index (χ4n) is 3.14. The van der Waals surface area contributed by atoms with Crippen molar-refractivity contribution in [3.05, 3.63) is 52.9 Å². The number of aliphatic hydroxyl groups excluding tert-OH is 1. The van der Waals surface area contributed by atoms with Gasteiger partial charge in [-0.1, -0.05) is 11.6 Å². The van der Waals surface area contributed by atoms with E-state index in [4.69, 9.17) is 21.1 Å². The summed E-state index contributed by atoms with van der Waals surface area (Å²) < 4.78 is 24.8. The van der Waals surface area contributed by atoms with Crippen molar-refractivity contribution in [1.82, 2.24) is 15.2 Å². The maximum absolute atomic E-state index is 13.5. The Morgan fingerprint density at radius 2 is 2.28 bits per heavy atom. The number of ether oxygens (including phenoxy) is 2. The molecule has 1 saturated heterocycles. The Labute approximate surface area is 173 Å². The Bertz CT molecular complexity index is 837. The van der Waals surface area contributed by atoms with Crippen LogP contribution in [0, 0.1) is 5.82 Å². The topological polar surface area (TPSA) is 83.9 Å². The standard InChI is InChI=1S/C20H23ClFN3O4/c1-23-20(27)17-4-3-14(22)8-18(17)28-12-15(26)10-25-7-6-16(11-25)29-19-5-2-13(21)9-24-19/h2-5,8-9,15-16,26H,6-7,10-12H2,1H3,(H,23,27). The highest BCUT2D eigenvalue weighted by Crippen LogP contribution is 2.21. The van der Waals surface area contributed by atoms with E-state index in [-0.39, 0.29) is 29.9 Å². The molecule has 0 radical (unpaired) electrons. The lowest BCUT2D eigenvalue weighted by atomic mass is 10.2. The first-order valence-electron chi connectivity index (χ1n) is 9.27. The first kappa shape index (κ1) is 21.3. The van der Waals surface area contributed by atoms with Gasteiger partial charge in [-0.2, -0.15) is 0 Å². The average Bonchev–Trinajstić information content (AvgIpc) is 3.14. The molecule has 156 valence electrons. The van der Waals surface area contributed by atoms with Crippen molar-refractivity contribution in [2.75, 3.05) is 33.3 Å². The van der Waals surface area contributed by atoms with Crippen LogP contribution in [0.1, 0.15) is 16.8 Å². The second-order valence-corrected chi connectivity index (χ2v) is 7.22. The van der Waals surface area contributed by atoms with Crippen molar-refractivity contribution in [3.63, 3.8) is 0 Å². The Kier molecular flexibility index (Phi) is 7.24. The monoisotopic (exact) mass is 423 g/mol. The molecule has 1 aliphatic rings. The van der Waals surface area contributed by atoms with Gasteiger partial charge in [0.15, 0.2) is 0 Å². The number of nitrogens with one attached hydrogen (secondary N) is 1. The van der Waals surface area contributed by atoms with Gasteiger partial charge in [0, 0.05) is 45.0 Å². The molecule has 2 unspecified atom stereocenters. The maximum atomic E-state index is 13.5. The third-order valence-electron chi connectivity index (χ3n) is 4.53. The van der Waals surface area contributed by atoms with Gasteiger partial charge in [0.1, 0.15) is 30.4 Å². The van der Waals surface area contributed by atoms with Crippen LogP contribution in [0.25, 0.3) is 0 Å². The van der Waals surface area contributed by atoms with Crippen LogP contribution < -0.4 is 14.8 Å². The second-order valence-electron chi connectivity index (χ2n) is 6.79. The molecule has 1 fully saturated rings. The van der Waals surface area contributed by atoms with Crippen molar-refractivity contribution in [2.45, 2.75) is 18.6 Å². The van der Waals surface area contributed by atoms with Gasteiger partial charge >= 0.3 is 0 Å². The molecule has 2 aromatic rings. The fourth-order valence-corrected chi connectivity index (χ4v) is 3.25. The summed E-state index contributed by atoms with van der Waals surface area (Å²) in [5.74, 6) is -0.292. The van der Waals surface area contributed by atoms with E-state index in [1.165, 1.54) is 25.4 Å². The van der Waals surface area contributed by atoms with E-state index in [9.17, 15) is 14.3 Å². The number of hydrogen-bond donors (Lipinski definition) is 2. The molecule has 1 aromatic carbocycles. The minimum atomic E-state index is -0.803. The Balaban J connectivity index is 1.48. The summed E-state index contributed by atoms with van der Waals surface area (Å²) in [6.45, 7) is 1.72. The molecule has 1 aromatic heterocycles. The SMILES string of the molecule is CNC(=O)c1ccc(F)cc1OCC(O)CN1CCC(Oc2ccc(Cl)cn2)C1. The average molecular weight is 424 g/mol. The summed E-state index contributed by atoms with van der Waals surface area (Å²) in [5.41, 5.74) is 0.214. The summed E-state index contributed by atoms with van der Waals surface area (Å²) in [6, 6.07) is 7.11. The third-order valence-corrected chi connectivity index (χ3v) is 4.76. The van der Waals surface area contributed by atoms with Gasteiger partial charge in [-0.3, -0.25) is 9.69 Å². The molecule has 29 heavy (non-hydrogen) atoms. The maximum Gasteiger partial charge on any atom is 0.254 e. The van der Waals surface area contributed by atoms with Crippen LogP contribution in [-0.4, -0.2) is 66.4 Å². The summed E-state index contributed by atoms with van der Waals surface area (Å²) in [4.78, 5) is 18.0. The van der Waals surface area contributed by atoms with Gasteiger partial charge in [0.25, 0.3) is 5.91 Å². The lowest BCUT2D eigenvalue weighted by molar-refractivity contribution is 0.0706. The van der Waals surface area contributed by atoms with Crippen LogP contribution in [0.3, 0.4) is 0 Å². The Morgan fingerprint density at radius 3 is 3.00 bits per heavy atom. The first-order valence-corrected chi connectivity index (χ1v) is 9.65. The molecule has 3 rings (SSSR count). The van der Waals surface area contributed by atoms with Gasteiger partial charge in [-0.15, -0.1) is 0 Å². The molecule has 0 bridgehead atoms. The highest BCUT2D eigenvalue weighted by Gasteiger charge is 2.26. The number of carbonyl (C=O) groups excluding carboxylic acids is 1. The van der Waals surface area contributed by atoms with E-state index in [2.05, 4.69) is 15.2 Å². The molecule has 9 heteroatoms. The zero-order valence-corrected chi connectivity index (χ0v) is 16.7. The van der Waals surface area contributed by atoms with Crippen molar-refractivity contribution < 1.29 is 23.8 Å². The summed E-state index contributed by atoms with van der Waals surface area (Å²) in [5, 5.41) is 13.3. The number of carbonyl (C=O) groups is 1. The van der Waals surface area contributed by atoms with Gasteiger partial charge in [0.05, 0.1) is 10.6 Å². The number of β-amino-alcohol motifs (C(OH)–C–C–N with tert-alkyl or cyclic N) is 1. The number of pyridine rings is 1. The number of rotatable bonds is 8. The molecule has 1 aliphatic heterocycles. The molecule has 2 heterocycles. The van der Waals surface area contributed by atoms with Gasteiger partial charge in [0.2, 0.25) is 5.88 Å². The van der Waals surface area contributed by atoms with Gasteiger partial charge in [-0.25, -0.2) is 9.37 Å². The smallest absolute Gasteiger partial charge is 0.254 e. The van der Waals surface area contributed by atoms with Crippen LogP contribution in [0.5, 0.6) is 11.6 Å². The van der Waals surface area contributed by atoms with Crippen LogP contribution in [0.2, 0.25) is 5.02 Å². The molecule has 0 saturated carbocycles. The van der Waals surface area contributed by atoms with E-state index in [1.54, 1.807) is 12.1 Å². The number of amides is 1. The van der Waals surface area contributed by atoms with Crippen LogP contribution in [0.4, 0.5) is 4.39 Å². The molecule has 2 N–H and O–H groups in total. The van der Waals surface area contributed by atoms with Crippen molar-refractivity contribution >= 4 is 17.5 Å². The summed E-state index contributed by atoms with van der Waals surface area (Å²) in [6.07, 6.45) is 1.51. The third kappa shape index (κ3) is 6.03.